The molecule has 3 rings (SSSR count). The van der Waals surface area contributed by atoms with Crippen molar-refractivity contribution in [3.05, 3.63) is 11.6 Å². The molecule has 2 N–H and O–H groups in total. The maximum atomic E-state index is 11.7. The Hall–Kier alpha value is -0.670. The van der Waals surface area contributed by atoms with E-state index in [1.807, 2.05) is 6.08 Å². The highest BCUT2D eigenvalue weighted by Gasteiger charge is 2.66. The van der Waals surface area contributed by atoms with Gasteiger partial charge in [0, 0.05) is 5.92 Å². The molecule has 3 nitrogen and oxygen atoms in total. The lowest BCUT2D eigenvalue weighted by molar-refractivity contribution is -0.123. The Morgan fingerprint density at radius 2 is 2.06 bits per heavy atom. The summed E-state index contributed by atoms with van der Waals surface area (Å²) in [7, 11) is 0. The van der Waals surface area contributed by atoms with Gasteiger partial charge in [-0.15, -0.1) is 0 Å². The number of aliphatic hydroxyl groups excluding tert-OH is 2. The predicted molar refractivity (Wildman–Crippen MR) is 67.8 cm³/mol. The number of allylic oxidation sites excluding steroid dienone is 1. The largest absolute Gasteiger partial charge is 0.393 e. The van der Waals surface area contributed by atoms with Crippen molar-refractivity contribution in [3.63, 3.8) is 0 Å². The monoisotopic (exact) mass is 250 g/mol. The smallest absolute Gasteiger partial charge is 0.129 e. The summed E-state index contributed by atoms with van der Waals surface area (Å²) in [5.41, 5.74) is 0.431. The maximum absolute atomic E-state index is 11.7. The Morgan fingerprint density at radius 1 is 1.39 bits per heavy atom. The molecule has 0 aromatic carbocycles. The van der Waals surface area contributed by atoms with Gasteiger partial charge in [0.15, 0.2) is 0 Å². The number of aldehydes is 1. The van der Waals surface area contributed by atoms with Gasteiger partial charge in [0.05, 0.1) is 17.6 Å². The van der Waals surface area contributed by atoms with Gasteiger partial charge in [-0.05, 0) is 30.1 Å². The van der Waals surface area contributed by atoms with E-state index in [0.717, 1.165) is 12.7 Å². The number of rotatable bonds is 1. The predicted octanol–water partition coefficient (Wildman–Crippen LogP) is 1.54. The molecule has 3 aliphatic carbocycles. The summed E-state index contributed by atoms with van der Waals surface area (Å²) in [5.74, 6) is 0.410. The number of aliphatic hydroxyl groups is 2. The fraction of sp³-hybridized carbons (Fsp3) is 0.800. The lowest BCUT2D eigenvalue weighted by Gasteiger charge is -2.42. The summed E-state index contributed by atoms with van der Waals surface area (Å²) >= 11 is 0. The first-order valence-corrected chi connectivity index (χ1v) is 6.87. The first-order valence-electron chi connectivity index (χ1n) is 6.87. The zero-order valence-corrected chi connectivity index (χ0v) is 11.3. The molecule has 0 bridgehead atoms. The van der Waals surface area contributed by atoms with Crippen molar-refractivity contribution in [1.29, 1.82) is 0 Å². The van der Waals surface area contributed by atoms with E-state index in [9.17, 15) is 15.0 Å². The number of hydrogen-bond donors (Lipinski definition) is 2. The van der Waals surface area contributed by atoms with Crippen LogP contribution < -0.4 is 0 Å². The van der Waals surface area contributed by atoms with Crippen molar-refractivity contribution in [2.75, 3.05) is 0 Å². The molecule has 3 heteroatoms. The normalized spacial score (nSPS) is 52.9. The van der Waals surface area contributed by atoms with Gasteiger partial charge in [-0.2, -0.15) is 0 Å². The quantitative estimate of drug-likeness (QED) is 0.548. The summed E-state index contributed by atoms with van der Waals surface area (Å²) < 4.78 is 0. The van der Waals surface area contributed by atoms with Crippen LogP contribution in [0, 0.1) is 28.6 Å². The molecule has 0 aromatic rings. The zero-order chi connectivity index (χ0) is 13.3. The van der Waals surface area contributed by atoms with Crippen LogP contribution in [0.25, 0.3) is 0 Å². The fourth-order valence-corrected chi connectivity index (χ4v) is 5.09. The average molecular weight is 250 g/mol. The van der Waals surface area contributed by atoms with Crippen LogP contribution in [0.2, 0.25) is 0 Å². The second-order valence-corrected chi connectivity index (χ2v) is 7.21. The van der Waals surface area contributed by atoms with Crippen molar-refractivity contribution in [2.24, 2.45) is 28.6 Å². The third-order valence-electron chi connectivity index (χ3n) is 5.66. The number of carbonyl (C=O) groups is 1. The summed E-state index contributed by atoms with van der Waals surface area (Å²) in [6.45, 7) is 6.32. The molecular formula is C15H22O3. The van der Waals surface area contributed by atoms with Gasteiger partial charge in [0.2, 0.25) is 0 Å². The summed E-state index contributed by atoms with van der Waals surface area (Å²) in [6.07, 6.45) is 3.23. The van der Waals surface area contributed by atoms with E-state index < -0.39 is 11.5 Å². The fourth-order valence-electron chi connectivity index (χ4n) is 5.09. The van der Waals surface area contributed by atoms with E-state index in [4.69, 9.17) is 0 Å². The molecule has 6 unspecified atom stereocenters. The van der Waals surface area contributed by atoms with Crippen molar-refractivity contribution in [3.8, 4) is 0 Å². The molecule has 2 fully saturated rings. The van der Waals surface area contributed by atoms with Crippen LogP contribution in [-0.2, 0) is 4.79 Å². The van der Waals surface area contributed by atoms with E-state index in [0.29, 0.717) is 6.42 Å². The van der Waals surface area contributed by atoms with Gasteiger partial charge in [-0.1, -0.05) is 32.4 Å². The van der Waals surface area contributed by atoms with E-state index in [-0.39, 0.29) is 29.3 Å². The Bertz CT molecular complexity index is 425. The molecule has 0 spiro atoms. The van der Waals surface area contributed by atoms with Crippen molar-refractivity contribution < 1.29 is 15.0 Å². The van der Waals surface area contributed by atoms with Crippen molar-refractivity contribution >= 4 is 6.29 Å². The zero-order valence-electron chi connectivity index (χ0n) is 11.3. The van der Waals surface area contributed by atoms with Gasteiger partial charge < -0.3 is 15.0 Å². The molecule has 0 amide bonds. The van der Waals surface area contributed by atoms with E-state index in [1.54, 1.807) is 0 Å². The number of carbonyl (C=O) groups excluding carboxylic acids is 1. The van der Waals surface area contributed by atoms with E-state index in [1.165, 1.54) is 5.57 Å². The second kappa shape index (κ2) is 3.45. The van der Waals surface area contributed by atoms with Crippen LogP contribution in [0.15, 0.2) is 11.6 Å². The minimum atomic E-state index is -0.681. The first-order chi connectivity index (χ1) is 8.33. The van der Waals surface area contributed by atoms with Gasteiger partial charge in [0.25, 0.3) is 0 Å². The van der Waals surface area contributed by atoms with Crippen LogP contribution in [0.3, 0.4) is 0 Å². The Labute approximate surface area is 108 Å². The third-order valence-corrected chi connectivity index (χ3v) is 5.66. The minimum Gasteiger partial charge on any atom is -0.393 e. The molecule has 18 heavy (non-hydrogen) atoms. The second-order valence-electron chi connectivity index (χ2n) is 7.21. The summed E-state index contributed by atoms with van der Waals surface area (Å²) in [6, 6.07) is 0. The molecular weight excluding hydrogens is 228 g/mol. The molecule has 0 saturated heterocycles. The third kappa shape index (κ3) is 1.24. The van der Waals surface area contributed by atoms with Crippen LogP contribution >= 0.6 is 0 Å². The molecule has 100 valence electrons. The highest BCUT2D eigenvalue weighted by Crippen LogP contribution is 2.67. The van der Waals surface area contributed by atoms with E-state index >= 15 is 0 Å². The Balaban J connectivity index is 2.15. The molecule has 3 aliphatic rings. The molecule has 6 atom stereocenters. The Kier molecular flexibility index (Phi) is 2.37. The summed E-state index contributed by atoms with van der Waals surface area (Å²) in [5, 5.41) is 20.8. The summed E-state index contributed by atoms with van der Waals surface area (Å²) in [4.78, 5) is 11.7. The Morgan fingerprint density at radius 3 is 2.67 bits per heavy atom. The lowest BCUT2D eigenvalue weighted by Crippen LogP contribution is -2.43. The molecule has 0 aromatic heterocycles. The van der Waals surface area contributed by atoms with Crippen LogP contribution in [0.4, 0.5) is 0 Å². The maximum Gasteiger partial charge on any atom is 0.129 e. The topological polar surface area (TPSA) is 57.5 Å². The van der Waals surface area contributed by atoms with Crippen molar-refractivity contribution in [2.45, 2.75) is 45.8 Å². The lowest BCUT2D eigenvalue weighted by atomic mass is 9.64. The van der Waals surface area contributed by atoms with Crippen LogP contribution in [0.5, 0.6) is 0 Å². The van der Waals surface area contributed by atoms with E-state index in [2.05, 4.69) is 20.8 Å². The molecule has 2 saturated carbocycles. The SMILES string of the molecule is CC1CC(O)C2C3C1=CC(O)C3(C=O)CC2(C)C. The molecule has 0 radical (unpaired) electrons. The van der Waals surface area contributed by atoms with Gasteiger partial charge >= 0.3 is 0 Å². The molecule has 0 aliphatic heterocycles. The molecule has 0 heterocycles. The van der Waals surface area contributed by atoms with Gasteiger partial charge in [-0.3, -0.25) is 0 Å². The van der Waals surface area contributed by atoms with Gasteiger partial charge in [0.1, 0.15) is 6.29 Å². The first kappa shape index (κ1) is 12.4. The van der Waals surface area contributed by atoms with Gasteiger partial charge in [-0.25, -0.2) is 0 Å². The van der Waals surface area contributed by atoms with Crippen molar-refractivity contribution in [1.82, 2.24) is 0 Å². The average Bonchev–Trinajstić information content (AvgIpc) is 2.67. The minimum absolute atomic E-state index is 0.0405. The highest BCUT2D eigenvalue weighted by atomic mass is 16.3. The number of hydrogen-bond acceptors (Lipinski definition) is 3. The van der Waals surface area contributed by atoms with Crippen LogP contribution in [-0.4, -0.2) is 28.7 Å². The standard InChI is InChI=1S/C15H22O3/c1-8-4-10(17)13-12-9(8)5-11(18)15(12,7-16)6-14(13,2)3/h5,7-8,10-13,17-18H,4,6H2,1-3H3. The van der Waals surface area contributed by atoms with Crippen LogP contribution in [0.1, 0.15) is 33.6 Å². The highest BCUT2D eigenvalue weighted by molar-refractivity contribution is 5.67.